The number of aliphatic imine (C=N–C) groups is 1. The third-order valence-electron chi connectivity index (χ3n) is 4.94. The minimum Gasteiger partial charge on any atom is -0.382 e. The Hall–Kier alpha value is -0.900. The van der Waals surface area contributed by atoms with E-state index < -0.39 is 0 Å². The fourth-order valence-corrected chi connectivity index (χ4v) is 3.41. The van der Waals surface area contributed by atoms with Gasteiger partial charge in [-0.15, -0.1) is 24.0 Å². The number of halogens is 1. The van der Waals surface area contributed by atoms with Crippen molar-refractivity contribution in [3.05, 3.63) is 35.9 Å². The van der Waals surface area contributed by atoms with E-state index in [0.29, 0.717) is 25.3 Å². The molecule has 2 N–H and O–H groups in total. The summed E-state index contributed by atoms with van der Waals surface area (Å²) in [7, 11) is 3.53. The number of hydrogen-bond acceptors (Lipinski definition) is 4. The van der Waals surface area contributed by atoms with Gasteiger partial charge < -0.3 is 20.1 Å². The van der Waals surface area contributed by atoms with Gasteiger partial charge in [-0.05, 0) is 31.7 Å². The molecule has 160 valence electrons. The van der Waals surface area contributed by atoms with E-state index in [1.54, 1.807) is 7.11 Å². The molecule has 1 heterocycles. The van der Waals surface area contributed by atoms with Crippen LogP contribution >= 0.6 is 24.0 Å². The summed E-state index contributed by atoms with van der Waals surface area (Å²) in [6, 6.07) is 11.7. The van der Waals surface area contributed by atoms with Crippen molar-refractivity contribution in [2.75, 3.05) is 47.1 Å². The van der Waals surface area contributed by atoms with Crippen LogP contribution < -0.4 is 10.6 Å². The minimum absolute atomic E-state index is 0. The number of hydrogen-bond donors (Lipinski definition) is 2. The zero-order valence-corrected chi connectivity index (χ0v) is 19.9. The van der Waals surface area contributed by atoms with Crippen LogP contribution in [0.4, 0.5) is 0 Å². The van der Waals surface area contributed by atoms with Crippen molar-refractivity contribution in [2.24, 2.45) is 4.99 Å². The van der Waals surface area contributed by atoms with Crippen LogP contribution in [0.3, 0.4) is 0 Å². The Kier molecular flexibility index (Phi) is 13.5. The van der Waals surface area contributed by atoms with Gasteiger partial charge in [0.2, 0.25) is 0 Å². The Bertz CT molecular complexity index is 544. The Morgan fingerprint density at radius 2 is 1.96 bits per heavy atom. The summed E-state index contributed by atoms with van der Waals surface area (Å²) in [5.41, 5.74) is 1.38. The maximum atomic E-state index is 5.48. The molecular weight excluding hydrogens is 467 g/mol. The van der Waals surface area contributed by atoms with Crippen LogP contribution in [0.15, 0.2) is 35.3 Å². The number of guanidine groups is 1. The Labute approximate surface area is 187 Å². The van der Waals surface area contributed by atoms with Crippen molar-refractivity contribution < 1.29 is 9.47 Å². The third-order valence-corrected chi connectivity index (χ3v) is 4.94. The third kappa shape index (κ3) is 9.54. The van der Waals surface area contributed by atoms with Gasteiger partial charge in [-0.1, -0.05) is 30.3 Å². The molecule has 2 atom stereocenters. The molecule has 1 aliphatic rings. The highest BCUT2D eigenvalue weighted by molar-refractivity contribution is 14.0. The maximum absolute atomic E-state index is 5.48. The standard InChI is InChI=1S/C21H36N4O2.HI/c1-18-15-20(17-25(18)16-19-9-5-4-6-10-19)24-21(22-2)23-11-7-8-12-27-14-13-26-3;/h4-6,9-10,18,20H,7-8,11-17H2,1-3H3,(H2,22,23,24);1H. The van der Waals surface area contributed by atoms with E-state index in [2.05, 4.69) is 57.8 Å². The van der Waals surface area contributed by atoms with Gasteiger partial charge in [-0.3, -0.25) is 9.89 Å². The van der Waals surface area contributed by atoms with Gasteiger partial charge in [0.25, 0.3) is 0 Å². The Morgan fingerprint density at radius 3 is 2.68 bits per heavy atom. The second-order valence-corrected chi connectivity index (χ2v) is 7.15. The van der Waals surface area contributed by atoms with Crippen LogP contribution in [-0.4, -0.2) is 70.0 Å². The summed E-state index contributed by atoms with van der Waals surface area (Å²) < 4.78 is 10.4. The van der Waals surface area contributed by atoms with Gasteiger partial charge in [-0.25, -0.2) is 0 Å². The lowest BCUT2D eigenvalue weighted by molar-refractivity contribution is 0.0689. The summed E-state index contributed by atoms with van der Waals surface area (Å²) in [5, 5.41) is 7.00. The van der Waals surface area contributed by atoms with Gasteiger partial charge in [-0.2, -0.15) is 0 Å². The van der Waals surface area contributed by atoms with E-state index in [4.69, 9.17) is 9.47 Å². The predicted octanol–water partition coefficient (Wildman–Crippen LogP) is 2.88. The molecule has 0 bridgehead atoms. The smallest absolute Gasteiger partial charge is 0.191 e. The maximum Gasteiger partial charge on any atom is 0.191 e. The number of unbranched alkanes of at least 4 members (excludes halogenated alkanes) is 1. The predicted molar refractivity (Wildman–Crippen MR) is 127 cm³/mol. The zero-order chi connectivity index (χ0) is 19.3. The molecule has 0 radical (unpaired) electrons. The number of likely N-dealkylation sites (tertiary alicyclic amines) is 1. The Morgan fingerprint density at radius 1 is 1.18 bits per heavy atom. The lowest BCUT2D eigenvalue weighted by atomic mass is 10.2. The SMILES string of the molecule is CN=C(NCCCCOCCOC)NC1CC(C)N(Cc2ccccc2)C1.I. The van der Waals surface area contributed by atoms with Crippen molar-refractivity contribution in [1.29, 1.82) is 0 Å². The van der Waals surface area contributed by atoms with Crippen LogP contribution in [0, 0.1) is 0 Å². The molecule has 0 aromatic heterocycles. The average molecular weight is 504 g/mol. The van der Waals surface area contributed by atoms with E-state index in [-0.39, 0.29) is 24.0 Å². The molecule has 2 rings (SSSR count). The average Bonchev–Trinajstić information content (AvgIpc) is 3.02. The number of methoxy groups -OCH3 is 1. The van der Waals surface area contributed by atoms with Crippen molar-refractivity contribution >= 4 is 29.9 Å². The first-order valence-corrected chi connectivity index (χ1v) is 10.0. The van der Waals surface area contributed by atoms with E-state index >= 15 is 0 Å². The molecule has 28 heavy (non-hydrogen) atoms. The minimum atomic E-state index is 0. The molecule has 1 aromatic carbocycles. The number of benzene rings is 1. The molecule has 1 fully saturated rings. The molecular formula is C21H37IN4O2. The fourth-order valence-electron chi connectivity index (χ4n) is 3.41. The van der Waals surface area contributed by atoms with Crippen LogP contribution in [-0.2, 0) is 16.0 Å². The van der Waals surface area contributed by atoms with E-state index in [9.17, 15) is 0 Å². The van der Waals surface area contributed by atoms with Gasteiger partial charge in [0.05, 0.1) is 13.2 Å². The molecule has 1 saturated heterocycles. The molecule has 0 saturated carbocycles. The van der Waals surface area contributed by atoms with Gasteiger partial charge >= 0.3 is 0 Å². The molecule has 2 unspecified atom stereocenters. The quantitative estimate of drug-likeness (QED) is 0.210. The van der Waals surface area contributed by atoms with Gasteiger partial charge in [0, 0.05) is 52.5 Å². The lowest BCUT2D eigenvalue weighted by Gasteiger charge is -2.21. The molecule has 6 nitrogen and oxygen atoms in total. The Balaban J connectivity index is 0.00000392. The van der Waals surface area contributed by atoms with E-state index in [1.165, 1.54) is 5.56 Å². The number of nitrogens with one attached hydrogen (secondary N) is 2. The number of ether oxygens (including phenoxy) is 2. The lowest BCUT2D eigenvalue weighted by Crippen LogP contribution is -2.44. The van der Waals surface area contributed by atoms with Crippen LogP contribution in [0.25, 0.3) is 0 Å². The number of rotatable bonds is 11. The zero-order valence-electron chi connectivity index (χ0n) is 17.5. The molecule has 1 aromatic rings. The topological polar surface area (TPSA) is 58.1 Å². The first-order chi connectivity index (χ1) is 13.2. The molecule has 7 heteroatoms. The molecule has 0 aliphatic carbocycles. The van der Waals surface area contributed by atoms with E-state index in [0.717, 1.165) is 51.5 Å². The highest BCUT2D eigenvalue weighted by atomic mass is 127. The highest BCUT2D eigenvalue weighted by Crippen LogP contribution is 2.20. The van der Waals surface area contributed by atoms with Crippen molar-refractivity contribution in [3.63, 3.8) is 0 Å². The second-order valence-electron chi connectivity index (χ2n) is 7.15. The summed E-state index contributed by atoms with van der Waals surface area (Å²) in [5.74, 6) is 0.897. The first-order valence-electron chi connectivity index (χ1n) is 10.0. The number of nitrogens with zero attached hydrogens (tertiary/aromatic N) is 2. The summed E-state index contributed by atoms with van der Waals surface area (Å²) in [6.45, 7) is 7.39. The normalized spacial score (nSPS) is 20.0. The van der Waals surface area contributed by atoms with Crippen LogP contribution in [0.1, 0.15) is 31.7 Å². The summed E-state index contributed by atoms with van der Waals surface area (Å²) >= 11 is 0. The molecule has 1 aliphatic heterocycles. The molecule has 0 spiro atoms. The first kappa shape index (κ1) is 25.1. The highest BCUT2D eigenvalue weighted by Gasteiger charge is 2.29. The van der Waals surface area contributed by atoms with Gasteiger partial charge in [0.1, 0.15) is 0 Å². The second kappa shape index (κ2) is 15.0. The summed E-state index contributed by atoms with van der Waals surface area (Å²) in [4.78, 5) is 6.91. The monoisotopic (exact) mass is 504 g/mol. The van der Waals surface area contributed by atoms with Crippen molar-refractivity contribution in [2.45, 2.75) is 44.8 Å². The van der Waals surface area contributed by atoms with Crippen molar-refractivity contribution in [3.8, 4) is 0 Å². The largest absolute Gasteiger partial charge is 0.382 e. The molecule has 0 amide bonds. The summed E-state index contributed by atoms with van der Waals surface area (Å²) in [6.07, 6.45) is 3.24. The van der Waals surface area contributed by atoms with Crippen LogP contribution in [0.5, 0.6) is 0 Å². The van der Waals surface area contributed by atoms with Crippen LogP contribution in [0.2, 0.25) is 0 Å². The van der Waals surface area contributed by atoms with E-state index in [1.807, 2.05) is 7.05 Å². The fraction of sp³-hybridized carbons (Fsp3) is 0.667. The van der Waals surface area contributed by atoms with Gasteiger partial charge in [0.15, 0.2) is 5.96 Å². The van der Waals surface area contributed by atoms with Crippen molar-refractivity contribution in [1.82, 2.24) is 15.5 Å².